The summed E-state index contributed by atoms with van der Waals surface area (Å²) in [5, 5.41) is 14.4. The van der Waals surface area contributed by atoms with Crippen molar-refractivity contribution < 1.29 is 14.6 Å². The predicted molar refractivity (Wildman–Crippen MR) is 108 cm³/mol. The molecule has 4 nitrogen and oxygen atoms in total. The fourth-order valence-corrected chi connectivity index (χ4v) is 4.68. The Morgan fingerprint density at radius 2 is 1.77 bits per heavy atom. The fraction of sp³-hybridized carbons (Fsp3) is 0.368. The molecule has 26 heavy (non-hydrogen) atoms. The first-order valence-electron chi connectivity index (χ1n) is 8.32. The van der Waals surface area contributed by atoms with E-state index in [1.165, 1.54) is 0 Å². The Labute approximate surface area is 164 Å². The number of aliphatic hydroxyl groups excluding tert-OH is 1. The first-order chi connectivity index (χ1) is 12.1. The highest BCUT2D eigenvalue weighted by atomic mass is 35.5. The average Bonchev–Trinajstić information content (AvgIpc) is 2.55. The quantitative estimate of drug-likeness (QED) is 0.548. The van der Waals surface area contributed by atoms with Gasteiger partial charge in [0.05, 0.1) is 22.3 Å². The number of nitrogens with one attached hydrogen (secondary N) is 1. The summed E-state index contributed by atoms with van der Waals surface area (Å²) in [7, 11) is -3.47. The Morgan fingerprint density at radius 3 is 2.38 bits per heavy atom. The van der Waals surface area contributed by atoms with Crippen LogP contribution in [0.3, 0.4) is 0 Å². The van der Waals surface area contributed by atoms with E-state index in [2.05, 4.69) is 5.32 Å². The summed E-state index contributed by atoms with van der Waals surface area (Å²) in [5.74, 6) is 0. The molecule has 0 saturated carbocycles. The van der Waals surface area contributed by atoms with Crippen molar-refractivity contribution in [2.45, 2.75) is 31.7 Å². The molecule has 0 aliphatic rings. The van der Waals surface area contributed by atoms with Crippen molar-refractivity contribution in [2.24, 2.45) is 0 Å². The molecule has 3 N–H and O–H groups in total. The second-order valence-corrected chi connectivity index (χ2v) is 10.1. The molecule has 0 bridgehead atoms. The van der Waals surface area contributed by atoms with Crippen molar-refractivity contribution in [1.29, 1.82) is 0 Å². The standard InChI is InChI=1S/C19H24Cl2NO3P/c1-19(2,15-8-9-17(20)18(21)10-15)22-11-16(23)13-26(24,25)12-14-6-4-3-5-7-14/h3-10,16,22-23H,11-13H2,1-2H3,(H,24,25). The topological polar surface area (TPSA) is 69.6 Å². The van der Waals surface area contributed by atoms with Crippen LogP contribution in [-0.2, 0) is 16.3 Å². The van der Waals surface area contributed by atoms with E-state index < -0.39 is 19.0 Å². The molecule has 0 fully saturated rings. The molecular weight excluding hydrogens is 392 g/mol. The number of rotatable bonds is 8. The normalized spacial score (nSPS) is 15.5. The summed E-state index contributed by atoms with van der Waals surface area (Å²) >= 11 is 12.0. The molecule has 0 aliphatic carbocycles. The number of benzene rings is 2. The molecule has 2 unspecified atom stereocenters. The summed E-state index contributed by atoms with van der Waals surface area (Å²) in [6, 6.07) is 14.5. The second kappa shape index (κ2) is 8.88. The molecule has 0 aromatic heterocycles. The van der Waals surface area contributed by atoms with E-state index >= 15 is 0 Å². The Hall–Kier alpha value is -0.870. The first-order valence-corrected chi connectivity index (χ1v) is 11.1. The Balaban J connectivity index is 1.93. The predicted octanol–water partition coefficient (Wildman–Crippen LogP) is 4.65. The van der Waals surface area contributed by atoms with Crippen LogP contribution in [0.5, 0.6) is 0 Å². The highest BCUT2D eigenvalue weighted by Gasteiger charge is 2.26. The highest BCUT2D eigenvalue weighted by molar-refractivity contribution is 7.57. The molecule has 0 aliphatic heterocycles. The fourth-order valence-electron chi connectivity index (χ4n) is 2.69. The zero-order valence-corrected chi connectivity index (χ0v) is 17.2. The third kappa shape index (κ3) is 6.38. The molecule has 2 rings (SSSR count). The van der Waals surface area contributed by atoms with E-state index in [9.17, 15) is 14.6 Å². The molecule has 0 spiro atoms. The van der Waals surface area contributed by atoms with Crippen molar-refractivity contribution in [1.82, 2.24) is 5.32 Å². The second-order valence-electron chi connectivity index (χ2n) is 6.96. The van der Waals surface area contributed by atoms with Gasteiger partial charge in [0.15, 0.2) is 0 Å². The highest BCUT2D eigenvalue weighted by Crippen LogP contribution is 2.44. The van der Waals surface area contributed by atoms with Crippen LogP contribution in [0.15, 0.2) is 48.5 Å². The lowest BCUT2D eigenvalue weighted by Gasteiger charge is -2.29. The van der Waals surface area contributed by atoms with Crippen LogP contribution in [-0.4, -0.2) is 28.8 Å². The smallest absolute Gasteiger partial charge is 0.207 e. The van der Waals surface area contributed by atoms with Crippen molar-refractivity contribution in [3.8, 4) is 0 Å². The van der Waals surface area contributed by atoms with E-state index in [1.807, 2.05) is 38.1 Å². The summed E-state index contributed by atoms with van der Waals surface area (Å²) < 4.78 is 12.4. The zero-order chi connectivity index (χ0) is 19.4. The molecular formula is C19H24Cl2NO3P. The van der Waals surface area contributed by atoms with Gasteiger partial charge in [-0.25, -0.2) is 0 Å². The van der Waals surface area contributed by atoms with Crippen LogP contribution < -0.4 is 5.32 Å². The Morgan fingerprint density at radius 1 is 1.12 bits per heavy atom. The van der Waals surface area contributed by atoms with E-state index in [4.69, 9.17) is 23.2 Å². The maximum Gasteiger partial charge on any atom is 0.207 e. The van der Waals surface area contributed by atoms with Crippen LogP contribution in [0.2, 0.25) is 10.0 Å². The molecule has 7 heteroatoms. The number of halogens is 2. The van der Waals surface area contributed by atoms with Gasteiger partial charge in [-0.15, -0.1) is 0 Å². The van der Waals surface area contributed by atoms with Crippen LogP contribution in [0.25, 0.3) is 0 Å². The van der Waals surface area contributed by atoms with Crippen molar-refractivity contribution in [2.75, 3.05) is 12.7 Å². The SMILES string of the molecule is CC(C)(NCC(O)CP(=O)(O)Cc1ccccc1)c1ccc(Cl)c(Cl)c1. The van der Waals surface area contributed by atoms with Crippen molar-refractivity contribution >= 4 is 30.6 Å². The lowest BCUT2D eigenvalue weighted by molar-refractivity contribution is 0.176. The third-order valence-corrected chi connectivity index (χ3v) is 6.78. The zero-order valence-electron chi connectivity index (χ0n) is 14.8. The number of hydrogen-bond donors (Lipinski definition) is 3. The van der Waals surface area contributed by atoms with Crippen LogP contribution in [0.1, 0.15) is 25.0 Å². The van der Waals surface area contributed by atoms with Gasteiger partial charge in [0.2, 0.25) is 7.37 Å². The van der Waals surface area contributed by atoms with Gasteiger partial charge < -0.3 is 15.3 Å². The van der Waals surface area contributed by atoms with Crippen molar-refractivity contribution in [3.05, 3.63) is 69.7 Å². The molecule has 2 aromatic rings. The van der Waals surface area contributed by atoms with E-state index in [-0.39, 0.29) is 18.9 Å². The van der Waals surface area contributed by atoms with Gasteiger partial charge in [0, 0.05) is 18.2 Å². The monoisotopic (exact) mass is 415 g/mol. The minimum atomic E-state index is -3.47. The maximum absolute atomic E-state index is 12.4. The average molecular weight is 416 g/mol. The lowest BCUT2D eigenvalue weighted by Crippen LogP contribution is -2.42. The van der Waals surface area contributed by atoms with E-state index in [1.54, 1.807) is 24.3 Å². The van der Waals surface area contributed by atoms with Gasteiger partial charge >= 0.3 is 0 Å². The summed E-state index contributed by atoms with van der Waals surface area (Å²) in [4.78, 5) is 10.2. The summed E-state index contributed by atoms with van der Waals surface area (Å²) in [6.45, 7) is 4.08. The summed E-state index contributed by atoms with van der Waals surface area (Å²) in [5.41, 5.74) is 1.22. The van der Waals surface area contributed by atoms with Gasteiger partial charge in [-0.2, -0.15) is 0 Å². The Bertz CT molecular complexity index is 784. The van der Waals surface area contributed by atoms with Gasteiger partial charge in [-0.1, -0.05) is 59.6 Å². The molecule has 0 radical (unpaired) electrons. The molecule has 2 atom stereocenters. The molecule has 0 heterocycles. The molecule has 2 aromatic carbocycles. The minimum Gasteiger partial charge on any atom is -0.391 e. The number of aliphatic hydroxyl groups is 1. The van der Waals surface area contributed by atoms with Crippen molar-refractivity contribution in [3.63, 3.8) is 0 Å². The largest absolute Gasteiger partial charge is 0.391 e. The molecule has 0 saturated heterocycles. The Kier molecular flexibility index (Phi) is 7.32. The van der Waals surface area contributed by atoms with Crippen LogP contribution >= 0.6 is 30.6 Å². The van der Waals surface area contributed by atoms with Crippen LogP contribution in [0.4, 0.5) is 0 Å². The van der Waals surface area contributed by atoms with Gasteiger partial charge in [0.25, 0.3) is 0 Å². The minimum absolute atomic E-state index is 0.0566. The van der Waals surface area contributed by atoms with E-state index in [0.717, 1.165) is 11.1 Å². The van der Waals surface area contributed by atoms with E-state index in [0.29, 0.717) is 10.0 Å². The molecule has 142 valence electrons. The first kappa shape index (κ1) is 21.4. The van der Waals surface area contributed by atoms with Gasteiger partial charge in [-0.05, 0) is 37.1 Å². The molecule has 0 amide bonds. The maximum atomic E-state index is 12.4. The lowest BCUT2D eigenvalue weighted by atomic mass is 9.94. The summed E-state index contributed by atoms with van der Waals surface area (Å²) in [6.07, 6.45) is -1.04. The van der Waals surface area contributed by atoms with Gasteiger partial charge in [0.1, 0.15) is 0 Å². The van der Waals surface area contributed by atoms with Crippen LogP contribution in [0, 0.1) is 0 Å². The third-order valence-electron chi connectivity index (χ3n) is 4.19. The number of hydrogen-bond acceptors (Lipinski definition) is 3. The van der Waals surface area contributed by atoms with Gasteiger partial charge in [-0.3, -0.25) is 4.57 Å².